The molecular weight excluding hydrogens is 388 g/mol. The number of aromatic nitrogens is 1. The largest absolute Gasteiger partial charge is 0.465 e. The van der Waals surface area contributed by atoms with Gasteiger partial charge in [-0.2, -0.15) is 5.26 Å². The minimum atomic E-state index is 0.440. The number of furan rings is 1. The van der Waals surface area contributed by atoms with Crippen molar-refractivity contribution in [1.29, 1.82) is 5.26 Å². The summed E-state index contributed by atoms with van der Waals surface area (Å²) in [6.45, 7) is 2.42. The quantitative estimate of drug-likeness (QED) is 0.520. The molecule has 2 aromatic heterocycles. The van der Waals surface area contributed by atoms with E-state index in [1.807, 2.05) is 36.6 Å². The average molecular weight is 401 g/mol. The lowest BCUT2D eigenvalue weighted by atomic mass is 10.2. The van der Waals surface area contributed by atoms with Crippen molar-refractivity contribution in [3.8, 4) is 23.3 Å². The zero-order chi connectivity index (χ0) is 16.9. The number of hydrogen-bond donors (Lipinski definition) is 0. The van der Waals surface area contributed by atoms with Crippen LogP contribution < -0.4 is 4.74 Å². The van der Waals surface area contributed by atoms with E-state index in [1.54, 1.807) is 18.2 Å². The Kier molecular flexibility index (Phi) is 5.14. The molecule has 24 heavy (non-hydrogen) atoms. The molecule has 6 heteroatoms. The van der Waals surface area contributed by atoms with Crippen LogP contribution in [-0.2, 0) is 0 Å². The van der Waals surface area contributed by atoms with Gasteiger partial charge in [-0.05, 0) is 25.1 Å². The highest BCUT2D eigenvalue weighted by Gasteiger charge is 2.10. The summed E-state index contributed by atoms with van der Waals surface area (Å²) in [7, 11) is 0. The Morgan fingerprint density at radius 3 is 2.83 bits per heavy atom. The number of rotatable bonds is 5. The number of halogens is 1. The third-order valence-corrected chi connectivity index (χ3v) is 4.57. The van der Waals surface area contributed by atoms with Crippen molar-refractivity contribution in [3.63, 3.8) is 0 Å². The van der Waals surface area contributed by atoms with Crippen LogP contribution in [0.2, 0.25) is 0 Å². The number of nitrogens with zero attached hydrogens (tertiary/aromatic N) is 2. The Morgan fingerprint density at radius 2 is 2.12 bits per heavy atom. The minimum absolute atomic E-state index is 0.440. The highest BCUT2D eigenvalue weighted by Crippen LogP contribution is 2.28. The van der Waals surface area contributed by atoms with Crippen LogP contribution in [0.3, 0.4) is 0 Å². The summed E-state index contributed by atoms with van der Waals surface area (Å²) in [5.41, 5.74) is 2.31. The van der Waals surface area contributed by atoms with Crippen molar-refractivity contribution >= 4 is 38.9 Å². The van der Waals surface area contributed by atoms with Gasteiger partial charge >= 0.3 is 0 Å². The minimum Gasteiger partial charge on any atom is -0.465 e. The molecule has 0 saturated carbocycles. The topological polar surface area (TPSA) is 59.0 Å². The standard InChI is InChI=1S/C18H13BrN2O2S/c1-2-22-17-8-7-15(23-17)9-13(10-20)18-21-16(11-24-18)12-3-5-14(19)6-4-12/h3-9,11H,2H2,1H3/b13-9-. The SMILES string of the molecule is CCOc1ccc(/C=C(/C#N)c2nc(-c3ccc(Br)cc3)cs2)o1. The maximum absolute atomic E-state index is 9.44. The second-order valence-electron chi connectivity index (χ2n) is 4.80. The molecule has 1 aromatic carbocycles. The molecule has 3 rings (SSSR count). The lowest BCUT2D eigenvalue weighted by Crippen LogP contribution is -1.87. The normalized spacial score (nSPS) is 11.3. The average Bonchev–Trinajstić information content (AvgIpc) is 3.23. The Morgan fingerprint density at radius 1 is 1.33 bits per heavy atom. The number of ether oxygens (including phenoxy) is 1. The van der Waals surface area contributed by atoms with Crippen LogP contribution in [0.25, 0.3) is 22.9 Å². The second kappa shape index (κ2) is 7.47. The van der Waals surface area contributed by atoms with Gasteiger partial charge in [-0.15, -0.1) is 11.3 Å². The Bertz CT molecular complexity index is 904. The molecule has 0 aliphatic rings. The summed E-state index contributed by atoms with van der Waals surface area (Å²) in [6.07, 6.45) is 1.67. The Balaban J connectivity index is 1.87. The summed E-state index contributed by atoms with van der Waals surface area (Å²) < 4.78 is 11.8. The van der Waals surface area contributed by atoms with E-state index >= 15 is 0 Å². The van der Waals surface area contributed by atoms with Gasteiger partial charge in [0, 0.05) is 27.6 Å². The molecule has 0 atom stereocenters. The van der Waals surface area contributed by atoms with Gasteiger partial charge in [0.25, 0.3) is 5.95 Å². The molecule has 0 spiro atoms. The van der Waals surface area contributed by atoms with Crippen molar-refractivity contribution in [3.05, 3.63) is 57.0 Å². The number of allylic oxidation sites excluding steroid dienone is 1. The van der Waals surface area contributed by atoms with Crippen LogP contribution >= 0.6 is 27.3 Å². The molecule has 0 fully saturated rings. The van der Waals surface area contributed by atoms with Gasteiger partial charge in [0.05, 0.1) is 17.9 Å². The lowest BCUT2D eigenvalue weighted by Gasteiger charge is -1.97. The fourth-order valence-electron chi connectivity index (χ4n) is 2.07. The fraction of sp³-hybridized carbons (Fsp3) is 0.111. The number of nitriles is 1. The predicted octanol–water partition coefficient (Wildman–Crippen LogP) is 5.63. The summed E-state index contributed by atoms with van der Waals surface area (Å²) in [5, 5.41) is 12.0. The van der Waals surface area contributed by atoms with Crippen molar-refractivity contribution < 1.29 is 9.15 Å². The molecule has 4 nitrogen and oxygen atoms in total. The number of benzene rings is 1. The molecule has 0 amide bonds. The molecule has 0 saturated heterocycles. The van der Waals surface area contributed by atoms with Gasteiger partial charge in [0.1, 0.15) is 16.8 Å². The first-order valence-electron chi connectivity index (χ1n) is 7.26. The van der Waals surface area contributed by atoms with Crippen LogP contribution in [0.15, 0.2) is 50.7 Å². The predicted molar refractivity (Wildman–Crippen MR) is 98.6 cm³/mol. The van der Waals surface area contributed by atoms with Crippen molar-refractivity contribution in [2.24, 2.45) is 0 Å². The van der Waals surface area contributed by atoms with E-state index in [9.17, 15) is 5.26 Å². The monoisotopic (exact) mass is 400 g/mol. The molecule has 3 aromatic rings. The zero-order valence-corrected chi connectivity index (χ0v) is 15.2. The van der Waals surface area contributed by atoms with E-state index < -0.39 is 0 Å². The number of hydrogen-bond acceptors (Lipinski definition) is 5. The summed E-state index contributed by atoms with van der Waals surface area (Å²) in [4.78, 5) is 4.56. The first-order valence-corrected chi connectivity index (χ1v) is 8.93. The lowest BCUT2D eigenvalue weighted by molar-refractivity contribution is 0.256. The Hall–Kier alpha value is -2.36. The third kappa shape index (κ3) is 3.75. The molecule has 0 unspecified atom stereocenters. The number of thiazole rings is 1. The third-order valence-electron chi connectivity index (χ3n) is 3.17. The molecule has 0 aliphatic carbocycles. The van der Waals surface area contributed by atoms with Crippen LogP contribution in [0, 0.1) is 11.3 Å². The summed E-state index contributed by atoms with van der Waals surface area (Å²) in [5.74, 6) is 1.01. The van der Waals surface area contributed by atoms with Gasteiger partial charge < -0.3 is 9.15 Å². The molecule has 120 valence electrons. The molecular formula is C18H13BrN2O2S. The molecule has 2 heterocycles. The molecule has 0 aliphatic heterocycles. The zero-order valence-electron chi connectivity index (χ0n) is 12.8. The first-order chi connectivity index (χ1) is 11.7. The molecule has 0 N–H and O–H groups in total. The summed E-state index contributed by atoms with van der Waals surface area (Å²) >= 11 is 4.85. The molecule has 0 bridgehead atoms. The maximum Gasteiger partial charge on any atom is 0.284 e. The molecule has 0 radical (unpaired) electrons. The van der Waals surface area contributed by atoms with Gasteiger partial charge in [0.2, 0.25) is 0 Å². The van der Waals surface area contributed by atoms with Crippen molar-refractivity contribution in [1.82, 2.24) is 4.98 Å². The summed E-state index contributed by atoms with van der Waals surface area (Å²) in [6, 6.07) is 13.6. The van der Waals surface area contributed by atoms with Gasteiger partial charge in [-0.3, -0.25) is 0 Å². The van der Waals surface area contributed by atoms with E-state index in [2.05, 4.69) is 27.0 Å². The van der Waals surface area contributed by atoms with E-state index in [4.69, 9.17) is 9.15 Å². The second-order valence-corrected chi connectivity index (χ2v) is 6.58. The van der Waals surface area contributed by atoms with E-state index in [0.29, 0.717) is 28.9 Å². The van der Waals surface area contributed by atoms with Crippen molar-refractivity contribution in [2.75, 3.05) is 6.61 Å². The van der Waals surface area contributed by atoms with E-state index in [0.717, 1.165) is 15.7 Å². The Labute approximate surface area is 152 Å². The van der Waals surface area contributed by atoms with Crippen LogP contribution in [0.4, 0.5) is 0 Å². The van der Waals surface area contributed by atoms with E-state index in [-0.39, 0.29) is 0 Å². The van der Waals surface area contributed by atoms with Crippen LogP contribution in [0.1, 0.15) is 17.7 Å². The highest BCUT2D eigenvalue weighted by atomic mass is 79.9. The fourth-order valence-corrected chi connectivity index (χ4v) is 3.13. The van der Waals surface area contributed by atoms with Crippen molar-refractivity contribution in [2.45, 2.75) is 6.92 Å². The van der Waals surface area contributed by atoms with Crippen LogP contribution in [-0.4, -0.2) is 11.6 Å². The smallest absolute Gasteiger partial charge is 0.284 e. The van der Waals surface area contributed by atoms with Gasteiger partial charge in [-0.1, -0.05) is 28.1 Å². The highest BCUT2D eigenvalue weighted by molar-refractivity contribution is 9.10. The van der Waals surface area contributed by atoms with Gasteiger partial charge in [0.15, 0.2) is 0 Å². The first kappa shape index (κ1) is 16.5. The van der Waals surface area contributed by atoms with Crippen LogP contribution in [0.5, 0.6) is 5.95 Å². The van der Waals surface area contributed by atoms with Gasteiger partial charge in [-0.25, -0.2) is 4.98 Å². The van der Waals surface area contributed by atoms with E-state index in [1.165, 1.54) is 11.3 Å². The maximum atomic E-state index is 9.44.